The number of halogens is 1. The lowest BCUT2D eigenvalue weighted by Gasteiger charge is -2.38. The lowest BCUT2D eigenvalue weighted by atomic mass is 10.2. The van der Waals surface area contributed by atoms with Crippen LogP contribution in [0.5, 0.6) is 0 Å². The SMILES string of the molecule is CC1(C)CN(c2cncc(Cl)n2)CCS1. The Balaban J connectivity index is 2.17. The van der Waals surface area contributed by atoms with Crippen molar-refractivity contribution in [1.82, 2.24) is 9.97 Å². The Morgan fingerprint density at radius 3 is 2.93 bits per heavy atom. The Labute approximate surface area is 99.2 Å². The van der Waals surface area contributed by atoms with E-state index in [1.165, 1.54) is 0 Å². The van der Waals surface area contributed by atoms with Gasteiger partial charge in [0.05, 0.1) is 12.4 Å². The molecule has 0 atom stereocenters. The third kappa shape index (κ3) is 2.75. The van der Waals surface area contributed by atoms with Gasteiger partial charge in [-0.2, -0.15) is 11.8 Å². The predicted octanol–water partition coefficient (Wildman–Crippen LogP) is 2.46. The lowest BCUT2D eigenvalue weighted by molar-refractivity contribution is 0.641. The fraction of sp³-hybridized carbons (Fsp3) is 0.600. The summed E-state index contributed by atoms with van der Waals surface area (Å²) in [5, 5.41) is 0.462. The van der Waals surface area contributed by atoms with Crippen LogP contribution in [0.1, 0.15) is 13.8 Å². The quantitative estimate of drug-likeness (QED) is 0.758. The molecule has 0 bridgehead atoms. The predicted molar refractivity (Wildman–Crippen MR) is 65.8 cm³/mol. The molecule has 2 rings (SSSR count). The van der Waals surface area contributed by atoms with Crippen molar-refractivity contribution in [3.8, 4) is 0 Å². The fourth-order valence-electron chi connectivity index (χ4n) is 1.70. The van der Waals surface area contributed by atoms with E-state index in [2.05, 4.69) is 28.7 Å². The van der Waals surface area contributed by atoms with Gasteiger partial charge in [-0.1, -0.05) is 11.6 Å². The lowest BCUT2D eigenvalue weighted by Crippen LogP contribution is -2.43. The van der Waals surface area contributed by atoms with E-state index in [4.69, 9.17) is 11.6 Å². The molecule has 3 nitrogen and oxygen atoms in total. The highest BCUT2D eigenvalue weighted by molar-refractivity contribution is 8.00. The van der Waals surface area contributed by atoms with Crippen LogP contribution in [0.3, 0.4) is 0 Å². The first-order chi connectivity index (χ1) is 7.07. The van der Waals surface area contributed by atoms with Gasteiger partial charge >= 0.3 is 0 Å². The summed E-state index contributed by atoms with van der Waals surface area (Å²) in [5.74, 6) is 2.01. The maximum atomic E-state index is 5.83. The summed E-state index contributed by atoms with van der Waals surface area (Å²) >= 11 is 7.83. The van der Waals surface area contributed by atoms with Gasteiger partial charge in [0, 0.05) is 23.6 Å². The molecule has 2 heterocycles. The molecule has 0 aromatic carbocycles. The van der Waals surface area contributed by atoms with Crippen molar-refractivity contribution >= 4 is 29.2 Å². The molecular weight excluding hydrogens is 230 g/mol. The van der Waals surface area contributed by atoms with E-state index in [9.17, 15) is 0 Å². The second-order valence-electron chi connectivity index (χ2n) is 4.23. The molecule has 82 valence electrons. The maximum absolute atomic E-state index is 5.83. The molecule has 0 amide bonds. The summed E-state index contributed by atoms with van der Waals surface area (Å²) in [5.41, 5.74) is 0. The smallest absolute Gasteiger partial charge is 0.149 e. The van der Waals surface area contributed by atoms with E-state index >= 15 is 0 Å². The van der Waals surface area contributed by atoms with Gasteiger partial charge in [0.25, 0.3) is 0 Å². The van der Waals surface area contributed by atoms with Crippen LogP contribution in [0.25, 0.3) is 0 Å². The summed E-state index contributed by atoms with van der Waals surface area (Å²) in [6.45, 7) is 6.51. The summed E-state index contributed by atoms with van der Waals surface area (Å²) < 4.78 is 0.280. The molecular formula is C10H14ClN3S. The Kier molecular flexibility index (Phi) is 3.07. The van der Waals surface area contributed by atoms with Gasteiger partial charge in [-0.15, -0.1) is 0 Å². The number of nitrogens with zero attached hydrogens (tertiary/aromatic N) is 3. The number of hydrogen-bond donors (Lipinski definition) is 0. The Morgan fingerprint density at radius 2 is 2.27 bits per heavy atom. The van der Waals surface area contributed by atoms with Gasteiger partial charge in [-0.3, -0.25) is 4.98 Å². The first-order valence-electron chi connectivity index (χ1n) is 4.93. The van der Waals surface area contributed by atoms with Crippen LogP contribution in [0.15, 0.2) is 12.4 Å². The molecule has 1 aliphatic rings. The van der Waals surface area contributed by atoms with E-state index in [1.807, 2.05) is 11.8 Å². The van der Waals surface area contributed by atoms with Crippen molar-refractivity contribution in [2.24, 2.45) is 0 Å². The zero-order valence-electron chi connectivity index (χ0n) is 8.90. The average molecular weight is 244 g/mol. The monoisotopic (exact) mass is 243 g/mol. The number of anilines is 1. The molecule has 0 spiro atoms. The Hall–Kier alpha value is -0.480. The third-order valence-electron chi connectivity index (χ3n) is 2.34. The van der Waals surface area contributed by atoms with Gasteiger partial charge in [0.15, 0.2) is 0 Å². The van der Waals surface area contributed by atoms with E-state index in [-0.39, 0.29) is 4.75 Å². The van der Waals surface area contributed by atoms with Crippen LogP contribution in [0, 0.1) is 0 Å². The summed E-state index contributed by atoms with van der Waals surface area (Å²) in [7, 11) is 0. The normalized spacial score (nSPS) is 20.3. The van der Waals surface area contributed by atoms with Crippen LogP contribution in [-0.4, -0.2) is 33.6 Å². The second kappa shape index (κ2) is 4.18. The van der Waals surface area contributed by atoms with Crippen molar-refractivity contribution in [2.75, 3.05) is 23.7 Å². The van der Waals surface area contributed by atoms with Gasteiger partial charge in [0.1, 0.15) is 11.0 Å². The minimum atomic E-state index is 0.280. The molecule has 1 aromatic rings. The zero-order valence-corrected chi connectivity index (χ0v) is 10.5. The van der Waals surface area contributed by atoms with Crippen molar-refractivity contribution in [3.05, 3.63) is 17.5 Å². The molecule has 1 fully saturated rings. The second-order valence-corrected chi connectivity index (χ2v) is 6.42. The maximum Gasteiger partial charge on any atom is 0.149 e. The highest BCUT2D eigenvalue weighted by Gasteiger charge is 2.27. The van der Waals surface area contributed by atoms with Crippen LogP contribution >= 0.6 is 23.4 Å². The van der Waals surface area contributed by atoms with Crippen LogP contribution in [0.4, 0.5) is 5.82 Å². The molecule has 1 aliphatic heterocycles. The van der Waals surface area contributed by atoms with Gasteiger partial charge in [-0.05, 0) is 13.8 Å². The number of rotatable bonds is 1. The van der Waals surface area contributed by atoms with Crippen LogP contribution in [-0.2, 0) is 0 Å². The molecule has 0 N–H and O–H groups in total. The first kappa shape index (κ1) is 11.0. The molecule has 5 heteroatoms. The molecule has 0 unspecified atom stereocenters. The standard InChI is InChI=1S/C10H14ClN3S/c1-10(2)7-14(3-4-15-10)9-6-12-5-8(11)13-9/h5-6H,3-4,7H2,1-2H3. The molecule has 15 heavy (non-hydrogen) atoms. The number of thioether (sulfide) groups is 1. The van der Waals surface area contributed by atoms with E-state index in [0.29, 0.717) is 5.15 Å². The molecule has 0 radical (unpaired) electrons. The van der Waals surface area contributed by atoms with Gasteiger partial charge < -0.3 is 4.90 Å². The van der Waals surface area contributed by atoms with Crippen molar-refractivity contribution in [2.45, 2.75) is 18.6 Å². The largest absolute Gasteiger partial charge is 0.353 e. The Bertz CT molecular complexity index is 356. The molecule has 0 saturated carbocycles. The van der Waals surface area contributed by atoms with Crippen LogP contribution < -0.4 is 4.90 Å². The van der Waals surface area contributed by atoms with Gasteiger partial charge in [0.2, 0.25) is 0 Å². The fourth-order valence-corrected chi connectivity index (χ4v) is 2.95. The minimum Gasteiger partial charge on any atom is -0.353 e. The number of hydrogen-bond acceptors (Lipinski definition) is 4. The summed E-state index contributed by atoms with van der Waals surface area (Å²) in [6, 6.07) is 0. The van der Waals surface area contributed by atoms with Crippen molar-refractivity contribution in [1.29, 1.82) is 0 Å². The molecule has 0 aliphatic carbocycles. The summed E-state index contributed by atoms with van der Waals surface area (Å²) in [6.07, 6.45) is 3.34. The third-order valence-corrected chi connectivity index (χ3v) is 3.82. The Morgan fingerprint density at radius 1 is 1.47 bits per heavy atom. The molecule has 1 saturated heterocycles. The van der Waals surface area contributed by atoms with Crippen molar-refractivity contribution in [3.63, 3.8) is 0 Å². The van der Waals surface area contributed by atoms with Gasteiger partial charge in [-0.25, -0.2) is 4.98 Å². The first-order valence-corrected chi connectivity index (χ1v) is 6.30. The van der Waals surface area contributed by atoms with Crippen molar-refractivity contribution < 1.29 is 0 Å². The van der Waals surface area contributed by atoms with E-state index in [1.54, 1.807) is 12.4 Å². The zero-order chi connectivity index (χ0) is 10.9. The minimum absolute atomic E-state index is 0.280. The average Bonchev–Trinajstić information content (AvgIpc) is 2.16. The van der Waals surface area contributed by atoms with E-state index < -0.39 is 0 Å². The van der Waals surface area contributed by atoms with Crippen LogP contribution in [0.2, 0.25) is 5.15 Å². The highest BCUT2D eigenvalue weighted by atomic mass is 35.5. The van der Waals surface area contributed by atoms with E-state index in [0.717, 1.165) is 24.7 Å². The molecule has 1 aromatic heterocycles. The highest BCUT2D eigenvalue weighted by Crippen LogP contribution is 2.31. The number of aromatic nitrogens is 2. The summed E-state index contributed by atoms with van der Waals surface area (Å²) in [4.78, 5) is 10.6. The topological polar surface area (TPSA) is 29.0 Å².